The van der Waals surface area contributed by atoms with E-state index in [9.17, 15) is 4.39 Å². The van der Waals surface area contributed by atoms with E-state index in [-0.39, 0.29) is 0 Å². The van der Waals surface area contributed by atoms with Gasteiger partial charge in [-0.3, -0.25) is 4.90 Å². The van der Waals surface area contributed by atoms with Gasteiger partial charge in [-0.2, -0.15) is 0 Å². The van der Waals surface area contributed by atoms with Gasteiger partial charge in [0.2, 0.25) is 0 Å². The molecule has 0 aromatic heterocycles. The van der Waals surface area contributed by atoms with Crippen LogP contribution in [-0.2, 0) is 12.8 Å². The molecule has 4 rings (SSSR count). The highest BCUT2D eigenvalue weighted by Gasteiger charge is 2.30. The van der Waals surface area contributed by atoms with Gasteiger partial charge in [0, 0.05) is 19.1 Å². The van der Waals surface area contributed by atoms with Gasteiger partial charge >= 0.3 is 0 Å². The SMILES string of the molecule is COc1ccc(-c2ccc3c(c2)CCC(N2CCC(F)C2)C3)cc1. The predicted molar refractivity (Wildman–Crippen MR) is 95.3 cm³/mol. The maximum Gasteiger partial charge on any atom is 0.118 e. The largest absolute Gasteiger partial charge is 0.497 e. The van der Waals surface area contributed by atoms with Gasteiger partial charge in [-0.05, 0) is 60.1 Å². The van der Waals surface area contributed by atoms with Crippen molar-refractivity contribution >= 4 is 0 Å². The van der Waals surface area contributed by atoms with Gasteiger partial charge in [0.1, 0.15) is 11.9 Å². The minimum atomic E-state index is -0.621. The number of alkyl halides is 1. The number of fused-ring (bicyclic) bond motifs is 1. The molecule has 2 unspecified atom stereocenters. The minimum absolute atomic E-state index is 0.519. The molecule has 24 heavy (non-hydrogen) atoms. The zero-order valence-electron chi connectivity index (χ0n) is 14.2. The molecule has 0 radical (unpaired) electrons. The lowest BCUT2D eigenvalue weighted by atomic mass is 9.85. The second-order valence-electron chi connectivity index (χ2n) is 6.99. The van der Waals surface area contributed by atoms with Crippen molar-refractivity contribution in [2.24, 2.45) is 0 Å². The smallest absolute Gasteiger partial charge is 0.118 e. The van der Waals surface area contributed by atoms with Crippen molar-refractivity contribution in [2.45, 2.75) is 37.9 Å². The lowest BCUT2D eigenvalue weighted by Crippen LogP contribution is -2.37. The first-order chi connectivity index (χ1) is 11.7. The molecule has 2 aromatic rings. The molecule has 0 spiro atoms. The average molecular weight is 325 g/mol. The molecule has 2 aliphatic rings. The van der Waals surface area contributed by atoms with E-state index >= 15 is 0 Å². The van der Waals surface area contributed by atoms with Crippen molar-refractivity contribution in [2.75, 3.05) is 20.2 Å². The zero-order chi connectivity index (χ0) is 16.5. The Morgan fingerprint density at radius 1 is 1.00 bits per heavy atom. The fourth-order valence-corrected chi connectivity index (χ4v) is 4.09. The van der Waals surface area contributed by atoms with E-state index in [1.54, 1.807) is 7.11 Å². The van der Waals surface area contributed by atoms with Crippen molar-refractivity contribution in [3.8, 4) is 16.9 Å². The molecule has 126 valence electrons. The van der Waals surface area contributed by atoms with Crippen molar-refractivity contribution in [3.63, 3.8) is 0 Å². The normalized spacial score (nSPS) is 23.9. The molecular weight excluding hydrogens is 301 g/mol. The summed E-state index contributed by atoms with van der Waals surface area (Å²) >= 11 is 0. The van der Waals surface area contributed by atoms with E-state index in [1.165, 1.54) is 22.3 Å². The highest BCUT2D eigenvalue weighted by Crippen LogP contribution is 2.31. The summed E-state index contributed by atoms with van der Waals surface area (Å²) in [5.74, 6) is 0.885. The standard InChI is InChI=1S/C21H24FNO/c1-24-21-8-5-15(6-9-21)16-2-3-18-13-20(7-4-17(18)12-16)23-11-10-19(22)14-23/h2-3,5-6,8-9,12,19-20H,4,7,10-11,13-14H2,1H3. The van der Waals surface area contributed by atoms with Gasteiger partial charge in [-0.1, -0.05) is 30.3 Å². The van der Waals surface area contributed by atoms with Crippen LogP contribution in [0.1, 0.15) is 24.0 Å². The molecular formula is C21H24FNO. The third-order valence-corrected chi connectivity index (χ3v) is 5.51. The molecule has 2 aromatic carbocycles. The third kappa shape index (κ3) is 3.05. The number of methoxy groups -OCH3 is 1. The first kappa shape index (κ1) is 15.6. The second-order valence-corrected chi connectivity index (χ2v) is 6.99. The lowest BCUT2D eigenvalue weighted by molar-refractivity contribution is 0.203. The van der Waals surface area contributed by atoms with Crippen LogP contribution in [0.3, 0.4) is 0 Å². The topological polar surface area (TPSA) is 12.5 Å². The quantitative estimate of drug-likeness (QED) is 0.836. The summed E-state index contributed by atoms with van der Waals surface area (Å²) < 4.78 is 18.7. The molecule has 2 nitrogen and oxygen atoms in total. The number of hydrogen-bond donors (Lipinski definition) is 0. The van der Waals surface area contributed by atoms with Gasteiger partial charge in [0.05, 0.1) is 7.11 Å². The first-order valence-electron chi connectivity index (χ1n) is 8.87. The van der Waals surface area contributed by atoms with E-state index in [4.69, 9.17) is 4.74 Å². The zero-order valence-corrected chi connectivity index (χ0v) is 14.2. The number of aryl methyl sites for hydroxylation is 1. The molecule has 2 atom stereocenters. The van der Waals surface area contributed by atoms with Gasteiger partial charge in [0.25, 0.3) is 0 Å². The van der Waals surface area contributed by atoms with Gasteiger partial charge in [-0.25, -0.2) is 4.39 Å². The van der Waals surface area contributed by atoms with E-state index in [2.05, 4.69) is 35.2 Å². The summed E-state index contributed by atoms with van der Waals surface area (Å²) in [6.07, 6.45) is 3.39. The monoisotopic (exact) mass is 325 g/mol. The first-order valence-corrected chi connectivity index (χ1v) is 8.87. The highest BCUT2D eigenvalue weighted by molar-refractivity contribution is 5.66. The summed E-state index contributed by atoms with van der Waals surface area (Å²) in [5.41, 5.74) is 5.38. The third-order valence-electron chi connectivity index (χ3n) is 5.51. The summed E-state index contributed by atoms with van der Waals surface area (Å²) in [5, 5.41) is 0. The Morgan fingerprint density at radius 3 is 2.50 bits per heavy atom. The van der Waals surface area contributed by atoms with Gasteiger partial charge in [0.15, 0.2) is 0 Å². The van der Waals surface area contributed by atoms with Crippen LogP contribution in [0.5, 0.6) is 5.75 Å². The van der Waals surface area contributed by atoms with Crippen LogP contribution in [0, 0.1) is 0 Å². The van der Waals surface area contributed by atoms with Crippen molar-refractivity contribution in [3.05, 3.63) is 53.6 Å². The van der Waals surface area contributed by atoms with Crippen molar-refractivity contribution < 1.29 is 9.13 Å². The van der Waals surface area contributed by atoms with Crippen LogP contribution < -0.4 is 4.74 Å². The molecule has 1 heterocycles. The lowest BCUT2D eigenvalue weighted by Gasteiger charge is -2.32. The molecule has 0 N–H and O–H groups in total. The van der Waals surface area contributed by atoms with Gasteiger partial charge < -0.3 is 4.74 Å². The Hall–Kier alpha value is -1.87. The molecule has 1 aliphatic carbocycles. The van der Waals surface area contributed by atoms with Crippen molar-refractivity contribution in [1.82, 2.24) is 4.90 Å². The maximum atomic E-state index is 13.5. The van der Waals surface area contributed by atoms with Gasteiger partial charge in [-0.15, -0.1) is 0 Å². The molecule has 1 aliphatic heterocycles. The molecule has 0 bridgehead atoms. The Labute approximate surface area is 143 Å². The minimum Gasteiger partial charge on any atom is -0.497 e. The van der Waals surface area contributed by atoms with Crippen molar-refractivity contribution in [1.29, 1.82) is 0 Å². The van der Waals surface area contributed by atoms with Crippen LogP contribution in [-0.4, -0.2) is 37.3 Å². The number of ether oxygens (including phenoxy) is 1. The molecule has 1 saturated heterocycles. The van der Waals surface area contributed by atoms with E-state index in [0.717, 1.165) is 31.6 Å². The van der Waals surface area contributed by atoms with E-state index in [1.807, 2.05) is 12.1 Å². The van der Waals surface area contributed by atoms with Crippen LogP contribution in [0.4, 0.5) is 4.39 Å². The van der Waals surface area contributed by atoms with Crippen LogP contribution in [0.25, 0.3) is 11.1 Å². The fourth-order valence-electron chi connectivity index (χ4n) is 4.09. The van der Waals surface area contributed by atoms with Crippen LogP contribution in [0.15, 0.2) is 42.5 Å². The summed E-state index contributed by atoms with van der Waals surface area (Å²) in [6, 6.07) is 15.6. The maximum absolute atomic E-state index is 13.5. The average Bonchev–Trinajstić information content (AvgIpc) is 3.07. The number of halogens is 1. The van der Waals surface area contributed by atoms with E-state index in [0.29, 0.717) is 19.0 Å². The Morgan fingerprint density at radius 2 is 1.79 bits per heavy atom. The number of benzene rings is 2. The summed E-state index contributed by atoms with van der Waals surface area (Å²) in [6.45, 7) is 1.55. The summed E-state index contributed by atoms with van der Waals surface area (Å²) in [4.78, 5) is 2.35. The predicted octanol–water partition coefficient (Wildman–Crippen LogP) is 4.26. The van der Waals surface area contributed by atoms with Crippen LogP contribution in [0.2, 0.25) is 0 Å². The molecule has 0 saturated carbocycles. The number of likely N-dealkylation sites (tertiary alicyclic amines) is 1. The number of hydrogen-bond acceptors (Lipinski definition) is 2. The highest BCUT2D eigenvalue weighted by atomic mass is 19.1. The number of rotatable bonds is 3. The second kappa shape index (κ2) is 6.56. The van der Waals surface area contributed by atoms with Crippen LogP contribution >= 0.6 is 0 Å². The summed E-state index contributed by atoms with van der Waals surface area (Å²) in [7, 11) is 1.69. The molecule has 3 heteroatoms. The Kier molecular flexibility index (Phi) is 4.28. The Balaban J connectivity index is 1.52. The number of nitrogens with zero attached hydrogens (tertiary/aromatic N) is 1. The van der Waals surface area contributed by atoms with E-state index < -0.39 is 6.17 Å². The molecule has 0 amide bonds. The molecule has 1 fully saturated rings. The fraction of sp³-hybridized carbons (Fsp3) is 0.429. The Bertz CT molecular complexity index is 712.